The number of ether oxygens (including phenoxy) is 1. The second-order valence-electron chi connectivity index (χ2n) is 5.49. The van der Waals surface area contributed by atoms with Gasteiger partial charge in [-0.3, -0.25) is 4.99 Å². The van der Waals surface area contributed by atoms with Crippen LogP contribution in [0.25, 0.3) is 0 Å². The minimum Gasteiger partial charge on any atom is -0.385 e. The van der Waals surface area contributed by atoms with Crippen molar-refractivity contribution in [3.63, 3.8) is 0 Å². The van der Waals surface area contributed by atoms with E-state index in [1.807, 2.05) is 0 Å². The average molecular weight is 434 g/mol. The highest BCUT2D eigenvalue weighted by Gasteiger charge is 2.01. The van der Waals surface area contributed by atoms with Crippen LogP contribution in [0.1, 0.15) is 17.5 Å². The first-order chi connectivity index (χ1) is 10.7. The van der Waals surface area contributed by atoms with Gasteiger partial charge >= 0.3 is 0 Å². The smallest absolute Gasteiger partial charge is 0.191 e. The number of benzene rings is 1. The van der Waals surface area contributed by atoms with Crippen LogP contribution in [-0.4, -0.2) is 58.3 Å². The molecule has 0 aliphatic rings. The van der Waals surface area contributed by atoms with Crippen molar-refractivity contribution in [2.75, 3.05) is 47.4 Å². The zero-order chi connectivity index (χ0) is 16.2. The van der Waals surface area contributed by atoms with E-state index in [9.17, 15) is 0 Å². The van der Waals surface area contributed by atoms with Crippen LogP contribution in [0.15, 0.2) is 29.3 Å². The summed E-state index contributed by atoms with van der Waals surface area (Å²) in [5.74, 6) is 0.840. The Morgan fingerprint density at radius 1 is 1.26 bits per heavy atom. The summed E-state index contributed by atoms with van der Waals surface area (Å²) >= 11 is 0. The first-order valence-corrected chi connectivity index (χ1v) is 7.83. The Kier molecular flexibility index (Phi) is 13.1. The monoisotopic (exact) mass is 434 g/mol. The van der Waals surface area contributed by atoms with Gasteiger partial charge in [0.15, 0.2) is 5.96 Å². The number of halogens is 1. The van der Waals surface area contributed by atoms with Crippen LogP contribution in [0.2, 0.25) is 0 Å². The number of nitrogens with one attached hydrogen (secondary N) is 2. The molecule has 132 valence electrons. The lowest BCUT2D eigenvalue weighted by atomic mass is 10.1. The van der Waals surface area contributed by atoms with Crippen LogP contribution < -0.4 is 10.6 Å². The van der Waals surface area contributed by atoms with Gasteiger partial charge < -0.3 is 20.3 Å². The third-order valence-electron chi connectivity index (χ3n) is 3.44. The topological polar surface area (TPSA) is 48.9 Å². The second kappa shape index (κ2) is 13.6. The maximum Gasteiger partial charge on any atom is 0.191 e. The van der Waals surface area contributed by atoms with Crippen LogP contribution in [-0.2, 0) is 11.3 Å². The molecule has 1 aromatic carbocycles. The van der Waals surface area contributed by atoms with Crippen molar-refractivity contribution in [2.45, 2.75) is 19.9 Å². The third-order valence-corrected chi connectivity index (χ3v) is 3.44. The highest BCUT2D eigenvalue weighted by atomic mass is 127. The van der Waals surface area contributed by atoms with Gasteiger partial charge in [-0.15, -0.1) is 24.0 Å². The molecule has 1 rings (SSSR count). The quantitative estimate of drug-likeness (QED) is 0.271. The Balaban J connectivity index is 0.00000484. The molecule has 0 atom stereocenters. The van der Waals surface area contributed by atoms with Gasteiger partial charge in [0.05, 0.1) is 0 Å². The molecule has 0 aliphatic heterocycles. The number of hydrogen-bond donors (Lipinski definition) is 2. The number of rotatable bonds is 9. The molecule has 0 aliphatic carbocycles. The molecule has 0 spiro atoms. The summed E-state index contributed by atoms with van der Waals surface area (Å²) in [4.78, 5) is 6.55. The number of guanidine groups is 1. The Morgan fingerprint density at radius 3 is 2.70 bits per heavy atom. The summed E-state index contributed by atoms with van der Waals surface area (Å²) in [6, 6.07) is 8.49. The molecule has 0 heterocycles. The van der Waals surface area contributed by atoms with E-state index in [0.717, 1.165) is 45.2 Å². The van der Waals surface area contributed by atoms with E-state index < -0.39 is 0 Å². The van der Waals surface area contributed by atoms with Gasteiger partial charge in [-0.05, 0) is 26.0 Å². The van der Waals surface area contributed by atoms with E-state index in [1.165, 1.54) is 11.1 Å². The first kappa shape index (κ1) is 22.1. The normalized spacial score (nSPS) is 11.3. The van der Waals surface area contributed by atoms with Gasteiger partial charge in [-0.25, -0.2) is 0 Å². The highest BCUT2D eigenvalue weighted by Crippen LogP contribution is 2.02. The van der Waals surface area contributed by atoms with Gasteiger partial charge in [-0.2, -0.15) is 0 Å². The van der Waals surface area contributed by atoms with Crippen LogP contribution in [0.5, 0.6) is 0 Å². The molecule has 6 heteroatoms. The number of aryl methyl sites for hydroxylation is 1. The molecule has 0 radical (unpaired) electrons. The molecule has 0 bridgehead atoms. The number of aliphatic imine (C=N–C) groups is 1. The number of likely N-dealkylation sites (N-methyl/N-ethyl adjacent to an activating group) is 1. The Bertz CT molecular complexity index is 454. The van der Waals surface area contributed by atoms with Crippen molar-refractivity contribution in [2.24, 2.45) is 4.99 Å². The SMILES string of the molecule is CN=C(NCCN(C)CCCOC)NCc1cccc(C)c1.I. The summed E-state index contributed by atoms with van der Waals surface area (Å²) < 4.78 is 5.06. The predicted octanol–water partition coefficient (Wildman–Crippen LogP) is 2.25. The van der Waals surface area contributed by atoms with Gasteiger partial charge in [0.25, 0.3) is 0 Å². The molecular weight excluding hydrogens is 403 g/mol. The zero-order valence-electron chi connectivity index (χ0n) is 14.8. The fourth-order valence-electron chi connectivity index (χ4n) is 2.18. The van der Waals surface area contributed by atoms with E-state index in [2.05, 4.69) is 58.8 Å². The van der Waals surface area contributed by atoms with E-state index >= 15 is 0 Å². The van der Waals surface area contributed by atoms with E-state index in [0.29, 0.717) is 0 Å². The summed E-state index contributed by atoms with van der Waals surface area (Å²) in [6.45, 7) is 6.61. The van der Waals surface area contributed by atoms with Crippen LogP contribution in [0.4, 0.5) is 0 Å². The lowest BCUT2D eigenvalue weighted by molar-refractivity contribution is 0.180. The lowest BCUT2D eigenvalue weighted by Crippen LogP contribution is -2.40. The third kappa shape index (κ3) is 10.5. The molecule has 5 nitrogen and oxygen atoms in total. The minimum absolute atomic E-state index is 0. The molecule has 2 N–H and O–H groups in total. The predicted molar refractivity (Wildman–Crippen MR) is 109 cm³/mol. The van der Waals surface area contributed by atoms with Crippen LogP contribution in [0.3, 0.4) is 0 Å². The number of nitrogens with zero attached hydrogens (tertiary/aromatic N) is 2. The number of hydrogen-bond acceptors (Lipinski definition) is 3. The summed E-state index contributed by atoms with van der Waals surface area (Å²) in [5, 5.41) is 6.68. The lowest BCUT2D eigenvalue weighted by Gasteiger charge is -2.18. The van der Waals surface area contributed by atoms with Crippen molar-refractivity contribution in [3.8, 4) is 0 Å². The Hall–Kier alpha value is -0.860. The van der Waals surface area contributed by atoms with Crippen molar-refractivity contribution < 1.29 is 4.74 Å². The molecule has 0 amide bonds. The van der Waals surface area contributed by atoms with Crippen molar-refractivity contribution in [3.05, 3.63) is 35.4 Å². The Morgan fingerprint density at radius 2 is 2.04 bits per heavy atom. The average Bonchev–Trinajstić information content (AvgIpc) is 2.51. The fourth-order valence-corrected chi connectivity index (χ4v) is 2.18. The summed E-state index contributed by atoms with van der Waals surface area (Å²) in [5.41, 5.74) is 2.54. The minimum atomic E-state index is 0. The maximum absolute atomic E-state index is 5.06. The maximum atomic E-state index is 5.06. The molecule has 1 aromatic rings. The van der Waals surface area contributed by atoms with Crippen molar-refractivity contribution in [1.82, 2.24) is 15.5 Å². The van der Waals surface area contributed by atoms with Crippen molar-refractivity contribution in [1.29, 1.82) is 0 Å². The number of methoxy groups -OCH3 is 1. The molecular formula is C17H31IN4O. The van der Waals surface area contributed by atoms with Gasteiger partial charge in [0, 0.05) is 46.9 Å². The van der Waals surface area contributed by atoms with E-state index in [4.69, 9.17) is 4.74 Å². The Labute approximate surface area is 157 Å². The van der Waals surface area contributed by atoms with Crippen LogP contribution in [0, 0.1) is 6.92 Å². The van der Waals surface area contributed by atoms with E-state index in [1.54, 1.807) is 14.2 Å². The van der Waals surface area contributed by atoms with Crippen LogP contribution >= 0.6 is 24.0 Å². The van der Waals surface area contributed by atoms with Crippen molar-refractivity contribution >= 4 is 29.9 Å². The molecule has 23 heavy (non-hydrogen) atoms. The van der Waals surface area contributed by atoms with Gasteiger partial charge in [0.2, 0.25) is 0 Å². The molecule has 0 saturated carbocycles. The molecule has 0 aromatic heterocycles. The largest absolute Gasteiger partial charge is 0.385 e. The van der Waals surface area contributed by atoms with E-state index in [-0.39, 0.29) is 24.0 Å². The fraction of sp³-hybridized carbons (Fsp3) is 0.588. The standard InChI is InChI=1S/C17H30N4O.HI/c1-15-7-5-8-16(13-15)14-20-17(18-2)19-9-11-21(3)10-6-12-22-4;/h5,7-8,13H,6,9-12,14H2,1-4H3,(H2,18,19,20);1H. The molecule has 0 fully saturated rings. The zero-order valence-corrected chi connectivity index (χ0v) is 17.1. The summed E-state index contributed by atoms with van der Waals surface area (Å²) in [6.07, 6.45) is 1.06. The summed E-state index contributed by atoms with van der Waals surface area (Å²) in [7, 11) is 5.67. The molecule has 0 saturated heterocycles. The highest BCUT2D eigenvalue weighted by molar-refractivity contribution is 14.0. The van der Waals surface area contributed by atoms with Gasteiger partial charge in [0.1, 0.15) is 0 Å². The molecule has 0 unspecified atom stereocenters. The second-order valence-corrected chi connectivity index (χ2v) is 5.49. The van der Waals surface area contributed by atoms with Gasteiger partial charge in [-0.1, -0.05) is 29.8 Å². The first-order valence-electron chi connectivity index (χ1n) is 7.83.